The highest BCUT2D eigenvalue weighted by molar-refractivity contribution is 6.32. The lowest BCUT2D eigenvalue weighted by atomic mass is 10.0. The zero-order chi connectivity index (χ0) is 18.1. The number of fused-ring (bicyclic) bond motifs is 1. The van der Waals surface area contributed by atoms with Crippen LogP contribution in [0, 0.1) is 12.7 Å². The second-order valence-corrected chi connectivity index (χ2v) is 6.34. The van der Waals surface area contributed by atoms with Gasteiger partial charge in [-0.15, -0.1) is 0 Å². The molecule has 25 heavy (non-hydrogen) atoms. The van der Waals surface area contributed by atoms with Crippen LogP contribution in [-0.2, 0) is 0 Å². The Morgan fingerprint density at radius 3 is 2.84 bits per heavy atom. The maximum absolute atomic E-state index is 14.0. The first kappa shape index (κ1) is 17.2. The van der Waals surface area contributed by atoms with Gasteiger partial charge in [-0.2, -0.15) is 0 Å². The Morgan fingerprint density at radius 2 is 2.16 bits per heavy atom. The van der Waals surface area contributed by atoms with E-state index < -0.39 is 5.82 Å². The van der Waals surface area contributed by atoms with E-state index in [4.69, 9.17) is 21.1 Å². The van der Waals surface area contributed by atoms with Gasteiger partial charge >= 0.3 is 0 Å². The van der Waals surface area contributed by atoms with Gasteiger partial charge in [-0.25, -0.2) is 4.39 Å². The fourth-order valence-corrected chi connectivity index (χ4v) is 2.76. The summed E-state index contributed by atoms with van der Waals surface area (Å²) in [6.45, 7) is 7.82. The number of benzene rings is 2. The Hall–Kier alpha value is -2.59. The summed E-state index contributed by atoms with van der Waals surface area (Å²) in [6, 6.07) is 7.74. The number of hydrogen-bond donors (Lipinski definition) is 0. The quantitative estimate of drug-likeness (QED) is 0.545. The summed E-state index contributed by atoms with van der Waals surface area (Å²) in [5.41, 5.74) is 2.17. The van der Waals surface area contributed by atoms with Crippen LogP contribution < -0.4 is 9.47 Å². The summed E-state index contributed by atoms with van der Waals surface area (Å²) in [6.07, 6.45) is 1.33. The molecule has 2 aromatic carbocycles. The minimum atomic E-state index is -0.519. The zero-order valence-corrected chi connectivity index (χ0v) is 14.6. The van der Waals surface area contributed by atoms with Gasteiger partial charge in [-0.05, 0) is 49.3 Å². The van der Waals surface area contributed by atoms with Gasteiger partial charge in [-0.1, -0.05) is 24.2 Å². The molecule has 0 amide bonds. The molecule has 0 atom stereocenters. The highest BCUT2D eigenvalue weighted by atomic mass is 35.5. The van der Waals surface area contributed by atoms with Crippen LogP contribution in [0.4, 0.5) is 4.39 Å². The predicted octanol–water partition coefficient (Wildman–Crippen LogP) is 5.36. The van der Waals surface area contributed by atoms with E-state index in [1.165, 1.54) is 18.2 Å². The molecule has 0 spiro atoms. The van der Waals surface area contributed by atoms with Crippen molar-refractivity contribution >= 4 is 23.5 Å². The van der Waals surface area contributed by atoms with Gasteiger partial charge in [0.1, 0.15) is 23.9 Å². The summed E-state index contributed by atoms with van der Waals surface area (Å²) in [5.74, 6) is 0.174. The molecule has 0 saturated heterocycles. The maximum Gasteiger partial charge on any atom is 0.232 e. The summed E-state index contributed by atoms with van der Waals surface area (Å²) < 4.78 is 25.2. The van der Waals surface area contributed by atoms with E-state index in [0.717, 1.165) is 11.1 Å². The van der Waals surface area contributed by atoms with Crippen LogP contribution in [0.1, 0.15) is 28.4 Å². The van der Waals surface area contributed by atoms with E-state index in [-0.39, 0.29) is 22.1 Å². The molecule has 0 aromatic heterocycles. The molecule has 1 heterocycles. The lowest BCUT2D eigenvalue weighted by molar-refractivity contribution is 0.101. The molecule has 0 radical (unpaired) electrons. The smallest absolute Gasteiger partial charge is 0.232 e. The summed E-state index contributed by atoms with van der Waals surface area (Å²) in [5, 5.41) is 0.210. The third-order valence-electron chi connectivity index (χ3n) is 3.70. The van der Waals surface area contributed by atoms with Crippen molar-refractivity contribution in [1.29, 1.82) is 0 Å². The van der Waals surface area contributed by atoms with Crippen LogP contribution in [0.25, 0.3) is 6.08 Å². The number of carbonyl (C=O) groups is 1. The molecule has 128 valence electrons. The van der Waals surface area contributed by atoms with Gasteiger partial charge < -0.3 is 9.47 Å². The minimum Gasteiger partial charge on any atom is -0.489 e. The van der Waals surface area contributed by atoms with E-state index in [1.54, 1.807) is 25.1 Å². The number of ether oxygens (including phenoxy) is 2. The van der Waals surface area contributed by atoms with Crippen LogP contribution in [0.2, 0.25) is 5.02 Å². The summed E-state index contributed by atoms with van der Waals surface area (Å²) in [4.78, 5) is 12.6. The minimum absolute atomic E-state index is 0.0298. The van der Waals surface area contributed by atoms with Crippen LogP contribution in [0.5, 0.6) is 11.5 Å². The number of Topliss-reactive ketones (excluding diaryl/α,β-unsaturated/α-hetero) is 1. The van der Waals surface area contributed by atoms with Gasteiger partial charge in [0.2, 0.25) is 5.78 Å². The van der Waals surface area contributed by atoms with Crippen molar-refractivity contribution in [3.63, 3.8) is 0 Å². The summed E-state index contributed by atoms with van der Waals surface area (Å²) in [7, 11) is 0. The Labute approximate surface area is 150 Å². The number of allylic oxidation sites excluding steroid dienone is 1. The van der Waals surface area contributed by atoms with Crippen LogP contribution in [0.15, 0.2) is 48.2 Å². The topological polar surface area (TPSA) is 35.5 Å². The van der Waals surface area contributed by atoms with E-state index in [2.05, 4.69) is 6.58 Å². The fourth-order valence-electron chi connectivity index (χ4n) is 2.55. The van der Waals surface area contributed by atoms with Gasteiger partial charge in [-0.3, -0.25) is 4.79 Å². The molecule has 0 bridgehead atoms. The molecule has 3 rings (SSSR count). The van der Waals surface area contributed by atoms with E-state index in [1.807, 2.05) is 6.92 Å². The van der Waals surface area contributed by atoms with E-state index in [0.29, 0.717) is 23.7 Å². The molecule has 3 nitrogen and oxygen atoms in total. The highest BCUT2D eigenvalue weighted by Crippen LogP contribution is 2.38. The fraction of sp³-hybridized carbons (Fsp3) is 0.150. The number of ketones is 1. The molecule has 0 fully saturated rings. The largest absolute Gasteiger partial charge is 0.489 e. The average Bonchev–Trinajstić information content (AvgIpc) is 2.85. The lowest BCUT2D eigenvalue weighted by Gasteiger charge is -2.08. The molecular weight excluding hydrogens is 343 g/mol. The van der Waals surface area contributed by atoms with Gasteiger partial charge in [0.25, 0.3) is 0 Å². The van der Waals surface area contributed by atoms with Crippen molar-refractivity contribution in [2.24, 2.45) is 0 Å². The second kappa shape index (κ2) is 6.73. The molecule has 0 aliphatic carbocycles. The summed E-state index contributed by atoms with van der Waals surface area (Å²) >= 11 is 6.01. The van der Waals surface area contributed by atoms with Crippen LogP contribution in [-0.4, -0.2) is 12.4 Å². The third kappa shape index (κ3) is 3.44. The standard InChI is InChI=1S/C20H16ClFO3/c1-11(2)10-24-13-7-12(3)19-17(8-13)25-18(20(19)23)9-14-15(21)5-4-6-16(14)22/h4-9H,1,10H2,2-3H3/b18-9-. The Bertz CT molecular complexity index is 895. The first-order chi connectivity index (χ1) is 11.9. The monoisotopic (exact) mass is 358 g/mol. The molecule has 5 heteroatoms. The van der Waals surface area contributed by atoms with Crippen molar-refractivity contribution in [3.05, 3.63) is 75.8 Å². The Kier molecular flexibility index (Phi) is 4.64. The van der Waals surface area contributed by atoms with Crippen LogP contribution >= 0.6 is 11.6 Å². The first-order valence-corrected chi connectivity index (χ1v) is 8.04. The normalized spacial score (nSPS) is 14.4. The number of hydrogen-bond acceptors (Lipinski definition) is 3. The average molecular weight is 359 g/mol. The van der Waals surface area contributed by atoms with E-state index >= 15 is 0 Å². The maximum atomic E-state index is 14.0. The third-order valence-corrected chi connectivity index (χ3v) is 4.03. The number of rotatable bonds is 4. The molecule has 2 aromatic rings. The van der Waals surface area contributed by atoms with Gasteiger partial charge in [0.05, 0.1) is 10.6 Å². The first-order valence-electron chi connectivity index (χ1n) is 7.67. The SMILES string of the molecule is C=C(C)COc1cc(C)c2c(c1)O/C(=C\c1c(F)cccc1Cl)C2=O. The van der Waals surface area contributed by atoms with Gasteiger partial charge in [0.15, 0.2) is 5.76 Å². The molecule has 1 aliphatic heterocycles. The molecule has 0 saturated carbocycles. The van der Waals surface area contributed by atoms with Gasteiger partial charge in [0, 0.05) is 11.6 Å². The lowest BCUT2D eigenvalue weighted by Crippen LogP contribution is -2.01. The van der Waals surface area contributed by atoms with Crippen molar-refractivity contribution in [3.8, 4) is 11.5 Å². The zero-order valence-electron chi connectivity index (χ0n) is 13.9. The van der Waals surface area contributed by atoms with Crippen molar-refractivity contribution in [1.82, 2.24) is 0 Å². The van der Waals surface area contributed by atoms with Crippen molar-refractivity contribution < 1.29 is 18.7 Å². The molecule has 0 N–H and O–H groups in total. The van der Waals surface area contributed by atoms with E-state index in [9.17, 15) is 9.18 Å². The molecular formula is C20H16ClFO3. The highest BCUT2D eigenvalue weighted by Gasteiger charge is 2.30. The number of aryl methyl sites for hydroxylation is 1. The Balaban J connectivity index is 1.97. The predicted molar refractivity (Wildman–Crippen MR) is 95.8 cm³/mol. The second-order valence-electron chi connectivity index (χ2n) is 5.93. The van der Waals surface area contributed by atoms with Crippen molar-refractivity contribution in [2.75, 3.05) is 6.61 Å². The number of halogens is 2. The van der Waals surface area contributed by atoms with Crippen molar-refractivity contribution in [2.45, 2.75) is 13.8 Å². The number of carbonyl (C=O) groups excluding carboxylic acids is 1. The Morgan fingerprint density at radius 1 is 1.40 bits per heavy atom. The molecule has 0 unspecified atom stereocenters. The molecule has 1 aliphatic rings. The van der Waals surface area contributed by atoms with Crippen LogP contribution in [0.3, 0.4) is 0 Å².